The number of nitrogens with one attached hydrogen (secondary N) is 2. The lowest BCUT2D eigenvalue weighted by atomic mass is 10.2. The van der Waals surface area contributed by atoms with E-state index in [4.69, 9.17) is 4.63 Å². The molecule has 2 aromatic carbocycles. The third-order valence-electron chi connectivity index (χ3n) is 4.74. The number of phenols is 1. The molecule has 4 rings (SSSR count). The molecule has 0 saturated carbocycles. The second kappa shape index (κ2) is 9.60. The Kier molecular flexibility index (Phi) is 6.45. The van der Waals surface area contributed by atoms with Gasteiger partial charge in [0.2, 0.25) is 11.3 Å². The number of aromatic nitrogens is 4. The molecule has 0 fully saturated rings. The van der Waals surface area contributed by atoms with Gasteiger partial charge in [-0.3, -0.25) is 5.43 Å². The van der Waals surface area contributed by atoms with Gasteiger partial charge in [-0.05, 0) is 60.6 Å². The van der Waals surface area contributed by atoms with Crippen molar-refractivity contribution in [1.29, 1.82) is 0 Å². The normalized spacial score (nSPS) is 11.2. The number of nitrogens with zero attached hydrogens (tertiary/aromatic N) is 6. The summed E-state index contributed by atoms with van der Waals surface area (Å²) in [6.07, 6.45) is 1.51. The molecule has 11 heteroatoms. The smallest absolute Gasteiger partial charge is 0.245 e. The van der Waals surface area contributed by atoms with Crippen LogP contribution in [-0.2, 0) is 0 Å². The van der Waals surface area contributed by atoms with E-state index in [2.05, 4.69) is 70.8 Å². The van der Waals surface area contributed by atoms with Crippen molar-refractivity contribution in [3.63, 3.8) is 0 Å². The first-order chi connectivity index (χ1) is 15.6. The summed E-state index contributed by atoms with van der Waals surface area (Å²) in [5.74, 6) is 0.857. The van der Waals surface area contributed by atoms with Gasteiger partial charge in [0.25, 0.3) is 0 Å². The lowest BCUT2D eigenvalue weighted by Crippen LogP contribution is -2.21. The van der Waals surface area contributed by atoms with Crippen molar-refractivity contribution in [3.8, 4) is 5.75 Å². The van der Waals surface area contributed by atoms with Gasteiger partial charge < -0.3 is 15.3 Å². The number of fused-ring (bicyclic) bond motifs is 1. The van der Waals surface area contributed by atoms with Crippen LogP contribution in [0.25, 0.3) is 11.3 Å². The van der Waals surface area contributed by atoms with E-state index in [1.54, 1.807) is 6.07 Å². The molecule has 0 aliphatic rings. The Morgan fingerprint density at radius 2 is 1.72 bits per heavy atom. The van der Waals surface area contributed by atoms with E-state index < -0.39 is 0 Å². The van der Waals surface area contributed by atoms with Crippen molar-refractivity contribution in [2.75, 3.05) is 28.7 Å². The predicted octanol–water partition coefficient (Wildman–Crippen LogP) is 4.52. The summed E-state index contributed by atoms with van der Waals surface area (Å²) in [4.78, 5) is 10.9. The van der Waals surface area contributed by atoms with E-state index >= 15 is 0 Å². The number of phenolic OH excluding ortho intramolecular Hbond substituents is 1. The highest BCUT2D eigenvalue weighted by atomic mass is 79.9. The van der Waals surface area contributed by atoms with Crippen molar-refractivity contribution in [2.45, 2.75) is 13.8 Å². The van der Waals surface area contributed by atoms with Crippen LogP contribution in [0, 0.1) is 0 Å². The lowest BCUT2D eigenvalue weighted by molar-refractivity contribution is 0.314. The first kappa shape index (κ1) is 21.5. The summed E-state index contributed by atoms with van der Waals surface area (Å²) in [6, 6.07) is 13.1. The van der Waals surface area contributed by atoms with Crippen LogP contribution in [0.4, 0.5) is 23.0 Å². The summed E-state index contributed by atoms with van der Waals surface area (Å²) < 4.78 is 5.68. The molecule has 0 bridgehead atoms. The summed E-state index contributed by atoms with van der Waals surface area (Å²) in [5.41, 5.74) is 5.68. The molecule has 32 heavy (non-hydrogen) atoms. The van der Waals surface area contributed by atoms with Gasteiger partial charge in [0.1, 0.15) is 5.75 Å². The first-order valence-electron chi connectivity index (χ1n) is 9.97. The molecule has 0 radical (unpaired) electrons. The van der Waals surface area contributed by atoms with Crippen LogP contribution in [0.1, 0.15) is 19.4 Å². The van der Waals surface area contributed by atoms with E-state index in [1.165, 1.54) is 6.21 Å². The minimum absolute atomic E-state index is 0.135. The fourth-order valence-electron chi connectivity index (χ4n) is 3.06. The lowest BCUT2D eigenvalue weighted by Gasteiger charge is -2.21. The third kappa shape index (κ3) is 4.78. The summed E-state index contributed by atoms with van der Waals surface area (Å²) in [5, 5.41) is 25.3. The number of anilines is 4. The number of rotatable bonds is 8. The molecule has 0 unspecified atom stereocenters. The molecular weight excluding hydrogens is 476 g/mol. The first-order valence-corrected chi connectivity index (χ1v) is 10.8. The van der Waals surface area contributed by atoms with Crippen molar-refractivity contribution in [2.24, 2.45) is 5.10 Å². The highest BCUT2D eigenvalue weighted by Gasteiger charge is 2.13. The molecule has 2 aromatic heterocycles. The van der Waals surface area contributed by atoms with Gasteiger partial charge in [0.15, 0.2) is 11.6 Å². The minimum atomic E-state index is 0.135. The fraction of sp³-hybridized carbons (Fsp3) is 0.190. The Labute approximate surface area is 192 Å². The highest BCUT2D eigenvalue weighted by Crippen LogP contribution is 2.26. The number of hydrazone groups is 1. The Morgan fingerprint density at radius 1 is 1.03 bits per heavy atom. The van der Waals surface area contributed by atoms with Gasteiger partial charge in [-0.1, -0.05) is 15.9 Å². The molecule has 0 atom stereocenters. The predicted molar refractivity (Wildman–Crippen MR) is 128 cm³/mol. The quantitative estimate of drug-likeness (QED) is 0.238. The second-order valence-corrected chi connectivity index (χ2v) is 7.67. The van der Waals surface area contributed by atoms with Gasteiger partial charge in [0.05, 0.1) is 6.21 Å². The molecule has 2 heterocycles. The number of hydrogen-bond donors (Lipinski definition) is 3. The van der Waals surface area contributed by atoms with E-state index in [1.807, 2.05) is 36.4 Å². The van der Waals surface area contributed by atoms with Crippen LogP contribution < -0.4 is 15.6 Å². The summed E-state index contributed by atoms with van der Waals surface area (Å²) in [7, 11) is 0. The van der Waals surface area contributed by atoms with Crippen LogP contribution in [0.5, 0.6) is 5.75 Å². The highest BCUT2D eigenvalue weighted by molar-refractivity contribution is 9.10. The number of halogens is 1. The van der Waals surface area contributed by atoms with Crippen molar-refractivity contribution in [3.05, 3.63) is 52.5 Å². The Bertz CT molecular complexity index is 1240. The number of hydrogen-bond acceptors (Lipinski definition) is 10. The number of benzene rings is 2. The average molecular weight is 497 g/mol. The molecule has 164 valence electrons. The molecule has 0 aliphatic heterocycles. The monoisotopic (exact) mass is 496 g/mol. The zero-order valence-corrected chi connectivity index (χ0v) is 19.0. The Hall–Kier alpha value is -3.73. The van der Waals surface area contributed by atoms with E-state index in [0.29, 0.717) is 17.2 Å². The van der Waals surface area contributed by atoms with Gasteiger partial charge in [0, 0.05) is 40.6 Å². The van der Waals surface area contributed by atoms with E-state index in [-0.39, 0.29) is 17.0 Å². The van der Waals surface area contributed by atoms with Gasteiger partial charge >= 0.3 is 0 Å². The Balaban J connectivity index is 1.57. The molecule has 0 spiro atoms. The molecule has 3 N–H and O–H groups in total. The average Bonchev–Trinajstić information content (AvgIpc) is 3.25. The van der Waals surface area contributed by atoms with Gasteiger partial charge in [-0.2, -0.15) is 10.1 Å². The maximum Gasteiger partial charge on any atom is 0.245 e. The van der Waals surface area contributed by atoms with Crippen LogP contribution in [0.3, 0.4) is 0 Å². The largest absolute Gasteiger partial charge is 0.507 e. The molecule has 10 nitrogen and oxygen atoms in total. The van der Waals surface area contributed by atoms with Gasteiger partial charge in [-0.25, -0.2) is 9.61 Å². The molecule has 0 saturated heterocycles. The maximum atomic E-state index is 10.4. The zero-order chi connectivity index (χ0) is 22.5. The third-order valence-corrected chi connectivity index (χ3v) is 5.27. The van der Waals surface area contributed by atoms with Crippen LogP contribution in [0.2, 0.25) is 0 Å². The summed E-state index contributed by atoms with van der Waals surface area (Å²) in [6.45, 7) is 5.86. The van der Waals surface area contributed by atoms with Crippen molar-refractivity contribution in [1.82, 2.24) is 20.3 Å². The fourth-order valence-corrected chi connectivity index (χ4v) is 3.33. The minimum Gasteiger partial charge on any atom is -0.507 e. The van der Waals surface area contributed by atoms with Crippen LogP contribution in [-0.4, -0.2) is 44.7 Å². The SMILES string of the molecule is CCN(CC)c1ccc(/C=N/Nc2nc3nonc3nc2Nc2ccc(Br)cc2)c(O)c1. The topological polar surface area (TPSA) is 125 Å². The molecule has 4 aromatic rings. The number of aromatic hydroxyl groups is 1. The maximum absolute atomic E-state index is 10.4. The van der Waals surface area contributed by atoms with E-state index in [9.17, 15) is 5.11 Å². The van der Waals surface area contributed by atoms with Crippen LogP contribution >= 0.6 is 15.9 Å². The summed E-state index contributed by atoms with van der Waals surface area (Å²) >= 11 is 3.41. The molecular formula is C21H21BrN8O2. The van der Waals surface area contributed by atoms with E-state index in [0.717, 1.165) is 28.9 Å². The molecule has 0 aliphatic carbocycles. The van der Waals surface area contributed by atoms with Crippen molar-refractivity contribution < 1.29 is 9.74 Å². The zero-order valence-electron chi connectivity index (χ0n) is 17.4. The van der Waals surface area contributed by atoms with Gasteiger partial charge in [-0.15, -0.1) is 0 Å². The standard InChI is InChI=1S/C21H21BrN8O2/c1-3-30(4-2)16-10-5-13(17(31)11-16)12-23-27-19-18(24-15-8-6-14(22)7-9-15)25-20-21(26-19)29-32-28-20/h5-12,31H,3-4H2,1-2H3,(H,24,25,28)(H,26,27,29)/b23-12+. The van der Waals surface area contributed by atoms with Crippen LogP contribution in [0.15, 0.2) is 56.7 Å². The Morgan fingerprint density at radius 3 is 2.38 bits per heavy atom. The molecule has 0 amide bonds. The van der Waals surface area contributed by atoms with Crippen molar-refractivity contribution >= 4 is 56.4 Å². The second-order valence-electron chi connectivity index (χ2n) is 6.75.